The Morgan fingerprint density at radius 2 is 2.00 bits per heavy atom. The minimum atomic E-state index is -3.37. The summed E-state index contributed by atoms with van der Waals surface area (Å²) in [6.45, 7) is 2.22. The second-order valence-corrected chi connectivity index (χ2v) is 8.56. The van der Waals surface area contributed by atoms with Crippen molar-refractivity contribution in [2.45, 2.75) is 51.5 Å². The van der Waals surface area contributed by atoms with Gasteiger partial charge in [-0.1, -0.05) is 32.3 Å². The third-order valence-electron chi connectivity index (χ3n) is 4.66. The highest BCUT2D eigenvalue weighted by molar-refractivity contribution is 7.92. The maximum Gasteiger partial charge on any atom is 0.251 e. The molecule has 2 rings (SSSR count). The molecule has 1 fully saturated rings. The number of amides is 1. The Kier molecular flexibility index (Phi) is 7.25. The van der Waals surface area contributed by atoms with E-state index in [4.69, 9.17) is 5.73 Å². The monoisotopic (exact) mass is 367 g/mol. The summed E-state index contributed by atoms with van der Waals surface area (Å²) in [5, 5.41) is 3.03. The summed E-state index contributed by atoms with van der Waals surface area (Å²) >= 11 is 0. The summed E-state index contributed by atoms with van der Waals surface area (Å²) in [5.41, 5.74) is 6.71. The molecule has 0 aliphatic heterocycles. The van der Waals surface area contributed by atoms with E-state index in [9.17, 15) is 13.2 Å². The van der Waals surface area contributed by atoms with Gasteiger partial charge in [-0.25, -0.2) is 8.42 Å². The zero-order chi connectivity index (χ0) is 18.3. The molecular formula is C18H29N3O3S. The molecule has 1 saturated carbocycles. The van der Waals surface area contributed by atoms with Crippen LogP contribution in [0.1, 0.15) is 55.8 Å². The van der Waals surface area contributed by atoms with Crippen LogP contribution in [0, 0.1) is 5.92 Å². The lowest BCUT2D eigenvalue weighted by molar-refractivity contribution is 0.0915. The Balaban J connectivity index is 2.04. The van der Waals surface area contributed by atoms with Gasteiger partial charge in [0.05, 0.1) is 5.75 Å². The summed E-state index contributed by atoms with van der Waals surface area (Å²) < 4.78 is 26.3. The van der Waals surface area contributed by atoms with Crippen molar-refractivity contribution in [3.8, 4) is 0 Å². The second kappa shape index (κ2) is 9.20. The van der Waals surface area contributed by atoms with E-state index in [-0.39, 0.29) is 17.7 Å². The standard InChI is InChI=1S/C18H29N3O3S/c1-2-11-25(23,24)21-16-10-6-9-15(12-16)18(22)20-17(13-19)14-7-4-3-5-8-14/h6,9-10,12,14,17,21H,2-5,7-8,11,13,19H2,1H3,(H,20,22). The van der Waals surface area contributed by atoms with E-state index in [2.05, 4.69) is 10.0 Å². The van der Waals surface area contributed by atoms with Gasteiger partial charge in [-0.2, -0.15) is 0 Å². The predicted octanol–water partition coefficient (Wildman–Crippen LogP) is 2.48. The molecule has 1 aliphatic carbocycles. The van der Waals surface area contributed by atoms with E-state index in [0.29, 0.717) is 30.1 Å². The fraction of sp³-hybridized carbons (Fsp3) is 0.611. The van der Waals surface area contributed by atoms with Gasteiger partial charge in [0.15, 0.2) is 0 Å². The number of carbonyl (C=O) groups excluding carboxylic acids is 1. The Morgan fingerprint density at radius 1 is 1.28 bits per heavy atom. The molecule has 0 aromatic heterocycles. The highest BCUT2D eigenvalue weighted by atomic mass is 32.2. The van der Waals surface area contributed by atoms with E-state index in [1.54, 1.807) is 31.2 Å². The predicted molar refractivity (Wildman–Crippen MR) is 101 cm³/mol. The molecule has 4 N–H and O–H groups in total. The van der Waals surface area contributed by atoms with Crippen molar-refractivity contribution in [3.63, 3.8) is 0 Å². The summed E-state index contributed by atoms with van der Waals surface area (Å²) in [6.07, 6.45) is 6.35. The van der Waals surface area contributed by atoms with E-state index in [1.807, 2.05) is 0 Å². The summed E-state index contributed by atoms with van der Waals surface area (Å²) in [7, 11) is -3.37. The number of rotatable bonds is 8. The highest BCUT2D eigenvalue weighted by Gasteiger charge is 2.24. The zero-order valence-corrected chi connectivity index (χ0v) is 15.6. The maximum atomic E-state index is 12.6. The number of carbonyl (C=O) groups is 1. The van der Waals surface area contributed by atoms with Crippen molar-refractivity contribution in [2.24, 2.45) is 11.7 Å². The van der Waals surface area contributed by atoms with Gasteiger partial charge in [0.25, 0.3) is 5.91 Å². The van der Waals surface area contributed by atoms with E-state index in [1.165, 1.54) is 19.3 Å². The SMILES string of the molecule is CCCS(=O)(=O)Nc1cccc(C(=O)NC(CN)C2CCCCC2)c1. The number of anilines is 1. The number of nitrogens with one attached hydrogen (secondary N) is 2. The molecule has 6 nitrogen and oxygen atoms in total. The average molecular weight is 368 g/mol. The Hall–Kier alpha value is -1.60. The van der Waals surface area contributed by atoms with Gasteiger partial charge >= 0.3 is 0 Å². The van der Waals surface area contributed by atoms with E-state index < -0.39 is 10.0 Å². The maximum absolute atomic E-state index is 12.6. The van der Waals surface area contributed by atoms with Crippen LogP contribution in [0.2, 0.25) is 0 Å². The lowest BCUT2D eigenvalue weighted by Crippen LogP contribution is -2.45. The van der Waals surface area contributed by atoms with Crippen molar-refractivity contribution in [1.82, 2.24) is 5.32 Å². The smallest absolute Gasteiger partial charge is 0.251 e. The van der Waals surface area contributed by atoms with Gasteiger partial charge in [0, 0.05) is 23.8 Å². The van der Waals surface area contributed by atoms with Crippen LogP contribution in [0.25, 0.3) is 0 Å². The molecule has 0 spiro atoms. The third-order valence-corrected chi connectivity index (χ3v) is 6.15. The van der Waals surface area contributed by atoms with Crippen molar-refractivity contribution >= 4 is 21.6 Å². The number of benzene rings is 1. The Bertz CT molecular complexity index is 670. The minimum absolute atomic E-state index is 0.0340. The first-order valence-electron chi connectivity index (χ1n) is 9.06. The van der Waals surface area contributed by atoms with Gasteiger partial charge in [0.2, 0.25) is 10.0 Å². The Morgan fingerprint density at radius 3 is 2.64 bits per heavy atom. The van der Waals surface area contributed by atoms with Crippen LogP contribution >= 0.6 is 0 Å². The molecule has 1 amide bonds. The second-order valence-electron chi connectivity index (χ2n) is 6.72. The summed E-state index contributed by atoms with van der Waals surface area (Å²) in [5.74, 6) is 0.270. The fourth-order valence-corrected chi connectivity index (χ4v) is 4.51. The molecule has 7 heteroatoms. The molecule has 1 aromatic rings. The first-order valence-corrected chi connectivity index (χ1v) is 10.7. The van der Waals surface area contributed by atoms with Crippen LogP contribution in [0.5, 0.6) is 0 Å². The molecule has 0 radical (unpaired) electrons. The van der Waals surface area contributed by atoms with Gasteiger partial charge < -0.3 is 11.1 Å². The number of hydrogen-bond donors (Lipinski definition) is 3. The number of hydrogen-bond acceptors (Lipinski definition) is 4. The van der Waals surface area contributed by atoms with Crippen LogP contribution in [0.3, 0.4) is 0 Å². The van der Waals surface area contributed by atoms with Crippen LogP contribution in [0.4, 0.5) is 5.69 Å². The topological polar surface area (TPSA) is 101 Å². The summed E-state index contributed by atoms with van der Waals surface area (Å²) in [4.78, 5) is 12.6. The van der Waals surface area contributed by atoms with E-state index in [0.717, 1.165) is 12.8 Å². The molecular weight excluding hydrogens is 338 g/mol. The number of nitrogens with two attached hydrogens (primary N) is 1. The molecule has 1 aliphatic rings. The molecule has 140 valence electrons. The van der Waals surface area contributed by atoms with Gasteiger partial charge in [-0.3, -0.25) is 9.52 Å². The van der Waals surface area contributed by atoms with Crippen molar-refractivity contribution in [1.29, 1.82) is 0 Å². The van der Waals surface area contributed by atoms with Crippen molar-refractivity contribution < 1.29 is 13.2 Å². The molecule has 25 heavy (non-hydrogen) atoms. The van der Waals surface area contributed by atoms with Gasteiger partial charge in [0.1, 0.15) is 0 Å². The van der Waals surface area contributed by atoms with Crippen molar-refractivity contribution in [2.75, 3.05) is 17.0 Å². The zero-order valence-electron chi connectivity index (χ0n) is 14.8. The normalized spacial score (nSPS) is 17.0. The van der Waals surface area contributed by atoms with Crippen LogP contribution < -0.4 is 15.8 Å². The van der Waals surface area contributed by atoms with Crippen molar-refractivity contribution in [3.05, 3.63) is 29.8 Å². The minimum Gasteiger partial charge on any atom is -0.348 e. The first kappa shape index (κ1) is 19.7. The molecule has 1 atom stereocenters. The third kappa shape index (κ3) is 6.01. The van der Waals surface area contributed by atoms with Crippen LogP contribution in [-0.2, 0) is 10.0 Å². The van der Waals surface area contributed by atoms with Gasteiger partial charge in [-0.05, 0) is 43.4 Å². The molecule has 1 aromatic carbocycles. The fourth-order valence-electron chi connectivity index (χ4n) is 3.38. The molecule has 0 heterocycles. The molecule has 0 saturated heterocycles. The van der Waals surface area contributed by atoms with Crippen LogP contribution in [0.15, 0.2) is 24.3 Å². The largest absolute Gasteiger partial charge is 0.348 e. The van der Waals surface area contributed by atoms with Crippen LogP contribution in [-0.4, -0.2) is 32.7 Å². The van der Waals surface area contributed by atoms with Gasteiger partial charge in [-0.15, -0.1) is 0 Å². The first-order chi connectivity index (χ1) is 11.9. The quantitative estimate of drug-likeness (QED) is 0.657. The summed E-state index contributed by atoms with van der Waals surface area (Å²) in [6, 6.07) is 6.54. The highest BCUT2D eigenvalue weighted by Crippen LogP contribution is 2.26. The molecule has 0 bridgehead atoms. The lowest BCUT2D eigenvalue weighted by Gasteiger charge is -2.30. The number of sulfonamides is 1. The Labute approximate surface area is 150 Å². The average Bonchev–Trinajstić information content (AvgIpc) is 2.60. The molecule has 1 unspecified atom stereocenters. The lowest BCUT2D eigenvalue weighted by atomic mass is 9.84. The van der Waals surface area contributed by atoms with E-state index >= 15 is 0 Å².